The molecule has 1 amide bonds. The molecule has 0 radical (unpaired) electrons. The predicted octanol–water partition coefficient (Wildman–Crippen LogP) is 3.70. The Morgan fingerprint density at radius 2 is 1.85 bits per heavy atom. The zero-order valence-electron chi connectivity index (χ0n) is 15.9. The van der Waals surface area contributed by atoms with Gasteiger partial charge < -0.3 is 11.2 Å². The summed E-state index contributed by atoms with van der Waals surface area (Å²) in [4.78, 5) is 12.6. The summed E-state index contributed by atoms with van der Waals surface area (Å²) in [5, 5.41) is 11.5. The first kappa shape index (κ1) is 19.0. The van der Waals surface area contributed by atoms with Gasteiger partial charge in [0.25, 0.3) is 0 Å². The average Bonchev–Trinajstić information content (AvgIpc) is 2.99. The number of carbonyl (C=O) groups excluding carboxylic acids is 1. The van der Waals surface area contributed by atoms with Crippen LogP contribution in [0, 0.1) is 20.8 Å². The average molecular weight is 382 g/mol. The molecule has 0 fully saturated rings. The molecule has 0 aliphatic carbocycles. The highest BCUT2D eigenvalue weighted by molar-refractivity contribution is 8.00. The van der Waals surface area contributed by atoms with Crippen LogP contribution in [0.25, 0.3) is 11.4 Å². The van der Waals surface area contributed by atoms with Gasteiger partial charge in [0.1, 0.15) is 0 Å². The molecule has 3 rings (SSSR count). The Kier molecular flexibility index (Phi) is 5.51. The fourth-order valence-corrected chi connectivity index (χ4v) is 3.45. The van der Waals surface area contributed by atoms with Gasteiger partial charge in [0.05, 0.1) is 5.25 Å². The van der Waals surface area contributed by atoms with Crippen LogP contribution in [0.4, 0.5) is 5.69 Å². The van der Waals surface area contributed by atoms with Gasteiger partial charge >= 0.3 is 0 Å². The standard InChI is InChI=1S/C20H23N5OS/c1-12-9-10-14(3)17(11-12)22-19(26)15(4)27-20-24-23-18(25(20)21)16-8-6-5-7-13(16)2/h5-11,15H,21H2,1-4H3,(H,22,26)/t15-/m0/s1. The van der Waals surface area contributed by atoms with Crippen LogP contribution in [0.15, 0.2) is 47.6 Å². The van der Waals surface area contributed by atoms with Gasteiger partial charge in [0.2, 0.25) is 11.1 Å². The fourth-order valence-electron chi connectivity index (χ4n) is 2.68. The van der Waals surface area contributed by atoms with Gasteiger partial charge in [0.15, 0.2) is 5.82 Å². The number of anilines is 1. The molecule has 140 valence electrons. The zero-order valence-corrected chi connectivity index (χ0v) is 16.7. The SMILES string of the molecule is Cc1ccc(C)c(NC(=O)[C@H](C)Sc2nnc(-c3ccccc3C)n2N)c1. The van der Waals surface area contributed by atoms with Gasteiger partial charge in [-0.2, -0.15) is 0 Å². The molecule has 0 aliphatic rings. The van der Waals surface area contributed by atoms with Crippen LogP contribution in [0.5, 0.6) is 0 Å². The summed E-state index contributed by atoms with van der Waals surface area (Å²) in [5.41, 5.74) is 4.93. The minimum absolute atomic E-state index is 0.103. The van der Waals surface area contributed by atoms with Crippen molar-refractivity contribution >= 4 is 23.4 Å². The number of carbonyl (C=O) groups is 1. The Hall–Kier alpha value is -2.80. The number of nitrogens with zero attached hydrogens (tertiary/aromatic N) is 3. The van der Waals surface area contributed by atoms with Crippen molar-refractivity contribution in [2.24, 2.45) is 0 Å². The monoisotopic (exact) mass is 381 g/mol. The van der Waals surface area contributed by atoms with E-state index in [0.29, 0.717) is 11.0 Å². The Labute approximate surface area is 163 Å². The number of nitrogen functional groups attached to an aromatic ring is 1. The zero-order chi connectivity index (χ0) is 19.6. The van der Waals surface area contributed by atoms with E-state index in [9.17, 15) is 4.79 Å². The summed E-state index contributed by atoms with van der Waals surface area (Å²) in [7, 11) is 0. The van der Waals surface area contributed by atoms with Crippen LogP contribution in [-0.4, -0.2) is 26.0 Å². The number of benzene rings is 2. The summed E-state index contributed by atoms with van der Waals surface area (Å²) in [6.45, 7) is 7.79. The van der Waals surface area contributed by atoms with E-state index in [1.807, 2.05) is 70.2 Å². The number of hydrogen-bond acceptors (Lipinski definition) is 5. The number of hydrogen-bond donors (Lipinski definition) is 2. The molecule has 1 aromatic heterocycles. The third-order valence-corrected chi connectivity index (χ3v) is 5.41. The highest BCUT2D eigenvalue weighted by Crippen LogP contribution is 2.27. The van der Waals surface area contributed by atoms with Gasteiger partial charge in [-0.1, -0.05) is 48.2 Å². The molecule has 3 N–H and O–H groups in total. The van der Waals surface area contributed by atoms with Crippen molar-refractivity contribution in [3.8, 4) is 11.4 Å². The Morgan fingerprint density at radius 1 is 1.11 bits per heavy atom. The molecule has 0 unspecified atom stereocenters. The van der Waals surface area contributed by atoms with Gasteiger partial charge in [0, 0.05) is 11.3 Å². The van der Waals surface area contributed by atoms with Crippen molar-refractivity contribution in [1.29, 1.82) is 0 Å². The molecule has 1 atom stereocenters. The fraction of sp³-hybridized carbons (Fsp3) is 0.250. The molecule has 0 spiro atoms. The molecule has 0 saturated heterocycles. The Balaban J connectivity index is 1.75. The first-order chi connectivity index (χ1) is 12.9. The summed E-state index contributed by atoms with van der Waals surface area (Å²) in [6, 6.07) is 13.8. The van der Waals surface area contributed by atoms with E-state index in [-0.39, 0.29) is 11.2 Å². The Bertz CT molecular complexity index is 982. The number of thioether (sulfide) groups is 1. The largest absolute Gasteiger partial charge is 0.335 e. The van der Waals surface area contributed by atoms with Gasteiger partial charge in [-0.05, 0) is 50.5 Å². The van der Waals surface area contributed by atoms with Crippen molar-refractivity contribution in [3.05, 3.63) is 59.2 Å². The number of aryl methyl sites for hydroxylation is 3. The molecule has 1 heterocycles. The second-order valence-corrected chi connectivity index (χ2v) is 7.87. The summed E-state index contributed by atoms with van der Waals surface area (Å²) >= 11 is 1.28. The van der Waals surface area contributed by atoms with Crippen LogP contribution < -0.4 is 11.2 Å². The normalized spacial score (nSPS) is 12.0. The first-order valence-corrected chi connectivity index (χ1v) is 9.56. The maximum Gasteiger partial charge on any atom is 0.237 e. The summed E-state index contributed by atoms with van der Waals surface area (Å²) in [6.07, 6.45) is 0. The number of aromatic nitrogens is 3. The molecule has 6 nitrogen and oxygen atoms in total. The lowest BCUT2D eigenvalue weighted by atomic mass is 10.1. The van der Waals surface area contributed by atoms with E-state index < -0.39 is 0 Å². The van der Waals surface area contributed by atoms with Gasteiger partial charge in [-0.25, -0.2) is 4.68 Å². The van der Waals surface area contributed by atoms with E-state index >= 15 is 0 Å². The molecular weight excluding hydrogens is 358 g/mol. The lowest BCUT2D eigenvalue weighted by Crippen LogP contribution is -2.24. The van der Waals surface area contributed by atoms with Crippen molar-refractivity contribution in [2.75, 3.05) is 11.2 Å². The van der Waals surface area contributed by atoms with Gasteiger partial charge in [-0.3, -0.25) is 4.79 Å². The van der Waals surface area contributed by atoms with Gasteiger partial charge in [-0.15, -0.1) is 10.2 Å². The van der Waals surface area contributed by atoms with E-state index in [4.69, 9.17) is 5.84 Å². The minimum atomic E-state index is -0.374. The molecule has 27 heavy (non-hydrogen) atoms. The van der Waals surface area contributed by atoms with Crippen molar-refractivity contribution < 1.29 is 4.79 Å². The molecular formula is C20H23N5OS. The van der Waals surface area contributed by atoms with Crippen LogP contribution >= 0.6 is 11.8 Å². The van der Waals surface area contributed by atoms with Crippen molar-refractivity contribution in [2.45, 2.75) is 38.1 Å². The predicted molar refractivity (Wildman–Crippen MR) is 110 cm³/mol. The molecule has 0 saturated carbocycles. The first-order valence-electron chi connectivity index (χ1n) is 8.68. The maximum absolute atomic E-state index is 12.6. The molecule has 2 aromatic carbocycles. The number of nitrogens with two attached hydrogens (primary N) is 1. The van der Waals surface area contributed by atoms with E-state index in [1.165, 1.54) is 16.4 Å². The minimum Gasteiger partial charge on any atom is -0.335 e. The van der Waals surface area contributed by atoms with Crippen LogP contribution in [0.1, 0.15) is 23.6 Å². The van der Waals surface area contributed by atoms with Crippen LogP contribution in [0.2, 0.25) is 0 Å². The maximum atomic E-state index is 12.6. The Morgan fingerprint density at radius 3 is 2.59 bits per heavy atom. The lowest BCUT2D eigenvalue weighted by molar-refractivity contribution is -0.115. The van der Waals surface area contributed by atoms with Crippen LogP contribution in [0.3, 0.4) is 0 Å². The topological polar surface area (TPSA) is 85.8 Å². The van der Waals surface area contributed by atoms with Crippen LogP contribution in [-0.2, 0) is 4.79 Å². The summed E-state index contributed by atoms with van der Waals surface area (Å²) < 4.78 is 1.44. The lowest BCUT2D eigenvalue weighted by Gasteiger charge is -2.13. The number of amides is 1. The number of rotatable bonds is 5. The third-order valence-electron chi connectivity index (χ3n) is 4.35. The quantitative estimate of drug-likeness (QED) is 0.520. The molecule has 3 aromatic rings. The highest BCUT2D eigenvalue weighted by Gasteiger charge is 2.21. The second kappa shape index (κ2) is 7.84. The molecule has 0 aliphatic heterocycles. The summed E-state index contributed by atoms with van der Waals surface area (Å²) in [5.74, 6) is 6.67. The smallest absolute Gasteiger partial charge is 0.237 e. The van der Waals surface area contributed by atoms with Crippen molar-refractivity contribution in [3.63, 3.8) is 0 Å². The molecule has 0 bridgehead atoms. The third kappa shape index (κ3) is 4.14. The molecule has 7 heteroatoms. The highest BCUT2D eigenvalue weighted by atomic mass is 32.2. The van der Waals surface area contributed by atoms with E-state index in [1.54, 1.807) is 0 Å². The van der Waals surface area contributed by atoms with Crippen molar-refractivity contribution in [1.82, 2.24) is 14.9 Å². The number of nitrogens with one attached hydrogen (secondary N) is 1. The van der Waals surface area contributed by atoms with E-state index in [0.717, 1.165) is 27.9 Å². The second-order valence-electron chi connectivity index (χ2n) is 6.56. The van der Waals surface area contributed by atoms with E-state index in [2.05, 4.69) is 15.5 Å².